The molecule has 0 aromatic heterocycles. The van der Waals surface area contributed by atoms with Gasteiger partial charge in [0.1, 0.15) is 25.4 Å². The van der Waals surface area contributed by atoms with Crippen LogP contribution in [-0.2, 0) is 9.63 Å². The van der Waals surface area contributed by atoms with Crippen LogP contribution in [0.2, 0.25) is 0 Å². The summed E-state index contributed by atoms with van der Waals surface area (Å²) in [7, 11) is 2.31. The van der Waals surface area contributed by atoms with Gasteiger partial charge < -0.3 is 0 Å². The summed E-state index contributed by atoms with van der Waals surface area (Å²) in [4.78, 5) is 15.6. The molecule has 13 heavy (non-hydrogen) atoms. The van der Waals surface area contributed by atoms with Crippen molar-refractivity contribution in [2.45, 2.75) is 0 Å². The van der Waals surface area contributed by atoms with Gasteiger partial charge in [0.2, 0.25) is 0 Å². The molecule has 0 unspecified atom stereocenters. The molecule has 0 fully saturated rings. The third-order valence-electron chi connectivity index (χ3n) is 1.78. The standard InChI is InChI=1S/C7H12F3NO2/c1-11(13-2)6(12)7(3-8,4-9)5-10/h3-5H2,1-2H3. The highest BCUT2D eigenvalue weighted by Gasteiger charge is 2.42. The highest BCUT2D eigenvalue weighted by molar-refractivity contribution is 5.82. The SMILES string of the molecule is CON(C)C(=O)C(CF)(CF)CF. The first-order valence-electron chi connectivity index (χ1n) is 3.58. The zero-order valence-electron chi connectivity index (χ0n) is 7.52. The third-order valence-corrected chi connectivity index (χ3v) is 1.78. The largest absolute Gasteiger partial charge is 0.275 e. The molecule has 78 valence electrons. The maximum Gasteiger partial charge on any atom is 0.260 e. The molecule has 0 spiro atoms. The van der Waals surface area contributed by atoms with E-state index in [1.165, 1.54) is 0 Å². The molecule has 0 aromatic rings. The number of halogens is 3. The smallest absolute Gasteiger partial charge is 0.260 e. The topological polar surface area (TPSA) is 29.5 Å². The maximum atomic E-state index is 12.3. The lowest BCUT2D eigenvalue weighted by Gasteiger charge is -2.26. The lowest BCUT2D eigenvalue weighted by Crippen LogP contribution is -2.46. The minimum absolute atomic E-state index is 0.610. The number of nitrogens with zero attached hydrogens (tertiary/aromatic N) is 1. The van der Waals surface area contributed by atoms with E-state index < -0.39 is 31.3 Å². The van der Waals surface area contributed by atoms with Crippen molar-refractivity contribution in [3.63, 3.8) is 0 Å². The minimum atomic E-state index is -2.23. The Kier molecular flexibility index (Phi) is 4.76. The Hall–Kier alpha value is -0.780. The summed E-state index contributed by atoms with van der Waals surface area (Å²) in [5.41, 5.74) is -2.23. The molecule has 0 saturated heterocycles. The fraction of sp³-hybridized carbons (Fsp3) is 0.857. The second-order valence-electron chi connectivity index (χ2n) is 2.67. The van der Waals surface area contributed by atoms with Gasteiger partial charge in [-0.1, -0.05) is 0 Å². The molecule has 0 aliphatic rings. The molecule has 6 heteroatoms. The fourth-order valence-corrected chi connectivity index (χ4v) is 0.696. The number of amides is 1. The number of carbonyl (C=O) groups excluding carboxylic acids is 1. The number of hydrogen-bond acceptors (Lipinski definition) is 2. The zero-order chi connectivity index (χ0) is 10.5. The van der Waals surface area contributed by atoms with E-state index >= 15 is 0 Å². The van der Waals surface area contributed by atoms with Gasteiger partial charge in [-0.05, 0) is 0 Å². The monoisotopic (exact) mass is 199 g/mol. The van der Waals surface area contributed by atoms with Crippen LogP contribution in [0.4, 0.5) is 13.2 Å². The first-order valence-corrected chi connectivity index (χ1v) is 3.58. The predicted molar refractivity (Wildman–Crippen MR) is 40.1 cm³/mol. The Morgan fingerprint density at radius 2 is 1.69 bits per heavy atom. The van der Waals surface area contributed by atoms with Crippen LogP contribution in [0.1, 0.15) is 0 Å². The summed E-state index contributed by atoms with van der Waals surface area (Å²) < 4.78 is 36.8. The van der Waals surface area contributed by atoms with Gasteiger partial charge in [0.05, 0.1) is 7.11 Å². The average molecular weight is 199 g/mol. The predicted octanol–water partition coefficient (Wildman–Crippen LogP) is 0.901. The van der Waals surface area contributed by atoms with Crippen LogP contribution in [0.5, 0.6) is 0 Å². The number of carbonyl (C=O) groups is 1. The van der Waals surface area contributed by atoms with E-state index in [9.17, 15) is 18.0 Å². The van der Waals surface area contributed by atoms with Crippen molar-refractivity contribution in [2.24, 2.45) is 5.41 Å². The molecule has 0 bridgehead atoms. The second kappa shape index (κ2) is 5.06. The van der Waals surface area contributed by atoms with E-state index in [4.69, 9.17) is 0 Å². The fourth-order valence-electron chi connectivity index (χ4n) is 0.696. The molecule has 0 atom stereocenters. The van der Waals surface area contributed by atoms with E-state index in [0.29, 0.717) is 5.06 Å². The summed E-state index contributed by atoms with van der Waals surface area (Å²) in [6.45, 7) is -4.15. The van der Waals surface area contributed by atoms with Crippen molar-refractivity contribution in [3.05, 3.63) is 0 Å². The Morgan fingerprint density at radius 3 is 1.92 bits per heavy atom. The Bertz CT molecular complexity index is 165. The lowest BCUT2D eigenvalue weighted by atomic mass is 9.92. The van der Waals surface area contributed by atoms with Crippen LogP contribution in [0.15, 0.2) is 0 Å². The van der Waals surface area contributed by atoms with Crippen LogP contribution in [-0.4, -0.2) is 45.2 Å². The van der Waals surface area contributed by atoms with Crippen LogP contribution >= 0.6 is 0 Å². The Balaban J connectivity index is 4.63. The number of rotatable bonds is 5. The van der Waals surface area contributed by atoms with Gasteiger partial charge in [-0.15, -0.1) is 0 Å². The molecule has 0 heterocycles. The van der Waals surface area contributed by atoms with Gasteiger partial charge in [0.15, 0.2) is 0 Å². The van der Waals surface area contributed by atoms with Gasteiger partial charge in [0.25, 0.3) is 5.91 Å². The van der Waals surface area contributed by atoms with Crippen molar-refractivity contribution < 1.29 is 22.8 Å². The van der Waals surface area contributed by atoms with Gasteiger partial charge in [0, 0.05) is 7.05 Å². The molecular formula is C7H12F3NO2. The molecule has 0 aromatic carbocycles. The molecule has 3 nitrogen and oxygen atoms in total. The van der Waals surface area contributed by atoms with Crippen molar-refractivity contribution in [1.82, 2.24) is 5.06 Å². The molecule has 0 saturated carbocycles. The minimum Gasteiger partial charge on any atom is -0.275 e. The Morgan fingerprint density at radius 1 is 1.31 bits per heavy atom. The molecule has 0 aliphatic heterocycles. The van der Waals surface area contributed by atoms with Crippen molar-refractivity contribution >= 4 is 5.91 Å². The van der Waals surface area contributed by atoms with E-state index in [0.717, 1.165) is 14.2 Å². The molecular weight excluding hydrogens is 187 g/mol. The number of alkyl halides is 3. The zero-order valence-corrected chi connectivity index (χ0v) is 7.52. The highest BCUT2D eigenvalue weighted by Crippen LogP contribution is 2.22. The summed E-state index contributed by atoms with van der Waals surface area (Å²) in [5.74, 6) is -1.04. The molecule has 0 N–H and O–H groups in total. The Labute approximate surface area is 74.4 Å². The van der Waals surface area contributed by atoms with E-state index in [1.54, 1.807) is 0 Å². The van der Waals surface area contributed by atoms with E-state index in [-0.39, 0.29) is 0 Å². The van der Waals surface area contributed by atoms with Crippen molar-refractivity contribution in [1.29, 1.82) is 0 Å². The molecule has 0 aliphatic carbocycles. The van der Waals surface area contributed by atoms with Crippen LogP contribution in [0.3, 0.4) is 0 Å². The van der Waals surface area contributed by atoms with Gasteiger partial charge >= 0.3 is 0 Å². The summed E-state index contributed by atoms with van der Waals surface area (Å²) in [6, 6.07) is 0. The summed E-state index contributed by atoms with van der Waals surface area (Å²) in [5, 5.41) is 0.610. The summed E-state index contributed by atoms with van der Waals surface area (Å²) >= 11 is 0. The average Bonchev–Trinajstić information content (AvgIpc) is 2.20. The van der Waals surface area contributed by atoms with Crippen molar-refractivity contribution in [2.75, 3.05) is 34.2 Å². The van der Waals surface area contributed by atoms with Gasteiger partial charge in [-0.2, -0.15) is 0 Å². The number of hydrogen-bond donors (Lipinski definition) is 0. The van der Waals surface area contributed by atoms with Crippen LogP contribution in [0.25, 0.3) is 0 Å². The first kappa shape index (κ1) is 12.2. The van der Waals surface area contributed by atoms with Crippen LogP contribution < -0.4 is 0 Å². The molecule has 1 amide bonds. The maximum absolute atomic E-state index is 12.3. The lowest BCUT2D eigenvalue weighted by molar-refractivity contribution is -0.183. The molecule has 0 rings (SSSR count). The highest BCUT2D eigenvalue weighted by atomic mass is 19.1. The van der Waals surface area contributed by atoms with E-state index in [2.05, 4.69) is 4.84 Å². The van der Waals surface area contributed by atoms with Crippen molar-refractivity contribution in [3.8, 4) is 0 Å². The number of hydroxylamine groups is 2. The van der Waals surface area contributed by atoms with Gasteiger partial charge in [-0.25, -0.2) is 18.2 Å². The second-order valence-corrected chi connectivity index (χ2v) is 2.67. The van der Waals surface area contributed by atoms with Crippen LogP contribution in [0, 0.1) is 5.41 Å². The van der Waals surface area contributed by atoms with Gasteiger partial charge in [-0.3, -0.25) is 9.63 Å². The summed E-state index contributed by atoms with van der Waals surface area (Å²) in [6.07, 6.45) is 0. The van der Waals surface area contributed by atoms with E-state index in [1.807, 2.05) is 0 Å². The first-order chi connectivity index (χ1) is 6.07. The third kappa shape index (κ3) is 2.33. The molecule has 0 radical (unpaired) electrons. The normalized spacial score (nSPS) is 11.5. The quantitative estimate of drug-likeness (QED) is 0.616.